The van der Waals surface area contributed by atoms with Crippen LogP contribution in [0.5, 0.6) is 0 Å². The van der Waals surface area contributed by atoms with Gasteiger partial charge in [-0.05, 0) is 56.4 Å². The molecule has 6 nitrogen and oxygen atoms in total. The van der Waals surface area contributed by atoms with Gasteiger partial charge in [0.2, 0.25) is 0 Å². The van der Waals surface area contributed by atoms with Crippen molar-refractivity contribution in [1.82, 2.24) is 15.5 Å². The molecule has 2 atom stereocenters. The van der Waals surface area contributed by atoms with E-state index in [1.807, 2.05) is 32.9 Å². The van der Waals surface area contributed by atoms with Gasteiger partial charge < -0.3 is 19.5 Å². The van der Waals surface area contributed by atoms with Crippen molar-refractivity contribution >= 4 is 16.7 Å². The largest absolute Gasteiger partial charge is 0.380 e. The molecule has 31 heavy (non-hydrogen) atoms. The van der Waals surface area contributed by atoms with Crippen LogP contribution in [0.4, 0.5) is 10.2 Å². The second-order valence-corrected chi connectivity index (χ2v) is 8.75. The first-order valence-corrected chi connectivity index (χ1v) is 11.2. The third-order valence-corrected chi connectivity index (χ3v) is 6.52. The average molecular weight is 425 g/mol. The lowest BCUT2D eigenvalue weighted by molar-refractivity contribution is 0.188. The van der Waals surface area contributed by atoms with Gasteiger partial charge in [0.05, 0.1) is 17.9 Å². The fourth-order valence-electron chi connectivity index (χ4n) is 4.82. The smallest absolute Gasteiger partial charge is 0.171 e. The Labute approximate surface area is 181 Å². The maximum Gasteiger partial charge on any atom is 0.171 e. The molecular formula is C24H29FN4O2. The molecule has 4 heterocycles. The Balaban J connectivity index is 1.58. The Morgan fingerprint density at radius 3 is 2.77 bits per heavy atom. The maximum absolute atomic E-state index is 15.0. The predicted molar refractivity (Wildman–Crippen MR) is 119 cm³/mol. The van der Waals surface area contributed by atoms with Gasteiger partial charge in [0.1, 0.15) is 17.2 Å². The summed E-state index contributed by atoms with van der Waals surface area (Å²) in [5.41, 5.74) is 4.09. The van der Waals surface area contributed by atoms with Crippen molar-refractivity contribution < 1.29 is 13.7 Å². The molecular weight excluding hydrogens is 395 g/mol. The molecule has 0 aliphatic carbocycles. The number of halogens is 1. The number of hydrogen-bond acceptors (Lipinski definition) is 6. The van der Waals surface area contributed by atoms with E-state index in [0.29, 0.717) is 23.4 Å². The summed E-state index contributed by atoms with van der Waals surface area (Å²) in [6.45, 7) is 9.25. The molecule has 0 amide bonds. The van der Waals surface area contributed by atoms with E-state index in [0.717, 1.165) is 79.2 Å². The van der Waals surface area contributed by atoms with Crippen LogP contribution in [0.3, 0.4) is 0 Å². The van der Waals surface area contributed by atoms with E-state index in [1.54, 1.807) is 6.07 Å². The number of fused-ring (bicyclic) bond motifs is 1. The zero-order valence-corrected chi connectivity index (χ0v) is 18.4. The SMILES string of the molecule is CCc1cc(F)c2nc(N3CCC(N[C@@H]4CCOC4)C3)c(-c3cc(C)no3)c(C)c2c1. The van der Waals surface area contributed by atoms with E-state index in [9.17, 15) is 0 Å². The minimum atomic E-state index is -0.268. The van der Waals surface area contributed by atoms with Crippen molar-refractivity contribution in [3.63, 3.8) is 0 Å². The number of benzene rings is 1. The zero-order valence-electron chi connectivity index (χ0n) is 18.4. The van der Waals surface area contributed by atoms with Crippen LogP contribution in [-0.2, 0) is 11.2 Å². The third-order valence-electron chi connectivity index (χ3n) is 6.52. The fourth-order valence-corrected chi connectivity index (χ4v) is 4.82. The normalized spacial score (nSPS) is 21.5. The summed E-state index contributed by atoms with van der Waals surface area (Å²) in [5.74, 6) is 1.19. The number of anilines is 1. The molecule has 2 aliphatic heterocycles. The topological polar surface area (TPSA) is 63.4 Å². The van der Waals surface area contributed by atoms with Crippen molar-refractivity contribution in [3.05, 3.63) is 40.8 Å². The molecule has 0 bridgehead atoms. The number of rotatable bonds is 5. The Morgan fingerprint density at radius 2 is 2.06 bits per heavy atom. The summed E-state index contributed by atoms with van der Waals surface area (Å²) < 4.78 is 26.2. The Kier molecular flexibility index (Phi) is 5.40. The molecule has 1 aromatic carbocycles. The van der Waals surface area contributed by atoms with E-state index >= 15 is 4.39 Å². The highest BCUT2D eigenvalue weighted by Crippen LogP contribution is 2.39. The van der Waals surface area contributed by atoms with Crippen molar-refractivity contribution in [2.75, 3.05) is 31.2 Å². The molecule has 7 heteroatoms. The average Bonchev–Trinajstić information content (AvgIpc) is 3.51. The minimum Gasteiger partial charge on any atom is -0.380 e. The molecule has 164 valence electrons. The van der Waals surface area contributed by atoms with Crippen LogP contribution < -0.4 is 10.2 Å². The quantitative estimate of drug-likeness (QED) is 0.663. The highest BCUT2D eigenvalue weighted by molar-refractivity contribution is 5.93. The van der Waals surface area contributed by atoms with Gasteiger partial charge in [-0.3, -0.25) is 0 Å². The van der Waals surface area contributed by atoms with E-state index in [-0.39, 0.29) is 5.82 Å². The van der Waals surface area contributed by atoms with Crippen LogP contribution in [0.1, 0.15) is 36.6 Å². The fraction of sp³-hybridized carbons (Fsp3) is 0.500. The minimum absolute atomic E-state index is 0.268. The molecule has 3 aromatic rings. The summed E-state index contributed by atoms with van der Waals surface area (Å²) in [4.78, 5) is 7.11. The van der Waals surface area contributed by atoms with Crippen molar-refractivity contribution in [2.45, 2.75) is 52.1 Å². The van der Waals surface area contributed by atoms with Gasteiger partial charge in [-0.2, -0.15) is 0 Å². The van der Waals surface area contributed by atoms with Gasteiger partial charge in [0.15, 0.2) is 5.76 Å². The Morgan fingerprint density at radius 1 is 1.19 bits per heavy atom. The highest BCUT2D eigenvalue weighted by Gasteiger charge is 2.30. The monoisotopic (exact) mass is 424 g/mol. The molecule has 5 rings (SSSR count). The maximum atomic E-state index is 15.0. The molecule has 1 N–H and O–H groups in total. The first-order valence-electron chi connectivity index (χ1n) is 11.2. The molecule has 0 saturated carbocycles. The molecule has 0 spiro atoms. The van der Waals surface area contributed by atoms with E-state index < -0.39 is 0 Å². The molecule has 1 unspecified atom stereocenters. The second-order valence-electron chi connectivity index (χ2n) is 8.75. The van der Waals surface area contributed by atoms with Crippen LogP contribution in [0.15, 0.2) is 22.7 Å². The third kappa shape index (κ3) is 3.81. The standard InChI is InChI=1S/C24H29FN4O2/c1-4-16-10-19-15(3)22(21-9-14(2)28-31-21)24(27-23(19)20(25)11-16)29-7-5-17(12-29)26-18-6-8-30-13-18/h9-11,17-18,26H,4-8,12-13H2,1-3H3/t17?,18-/m1/s1. The zero-order chi connectivity index (χ0) is 21.5. The molecule has 0 radical (unpaired) electrons. The number of hydrogen-bond donors (Lipinski definition) is 1. The van der Waals surface area contributed by atoms with E-state index in [4.69, 9.17) is 14.2 Å². The Bertz CT molecular complexity index is 1110. The van der Waals surface area contributed by atoms with Crippen LogP contribution in [0, 0.1) is 19.7 Å². The Hall–Kier alpha value is -2.51. The molecule has 2 fully saturated rings. The van der Waals surface area contributed by atoms with Gasteiger partial charge in [-0.1, -0.05) is 12.1 Å². The number of nitrogens with one attached hydrogen (secondary N) is 1. The van der Waals surface area contributed by atoms with Gasteiger partial charge in [-0.25, -0.2) is 9.37 Å². The number of aromatic nitrogens is 2. The first kappa shape index (κ1) is 20.4. The first-order chi connectivity index (χ1) is 15.0. The van der Waals surface area contributed by atoms with Gasteiger partial charge in [-0.15, -0.1) is 0 Å². The van der Waals surface area contributed by atoms with Crippen LogP contribution in [0.25, 0.3) is 22.2 Å². The van der Waals surface area contributed by atoms with Gasteiger partial charge in [0, 0.05) is 43.2 Å². The van der Waals surface area contributed by atoms with Crippen LogP contribution in [0.2, 0.25) is 0 Å². The van der Waals surface area contributed by atoms with Crippen molar-refractivity contribution in [2.24, 2.45) is 0 Å². The van der Waals surface area contributed by atoms with Crippen LogP contribution in [-0.4, -0.2) is 48.5 Å². The summed E-state index contributed by atoms with van der Waals surface area (Å²) in [5, 5.41) is 8.64. The summed E-state index contributed by atoms with van der Waals surface area (Å²) in [6.07, 6.45) is 2.84. The van der Waals surface area contributed by atoms with E-state index in [2.05, 4.69) is 15.4 Å². The number of pyridine rings is 1. The lowest BCUT2D eigenvalue weighted by Gasteiger charge is -2.23. The van der Waals surface area contributed by atoms with Gasteiger partial charge in [0.25, 0.3) is 0 Å². The van der Waals surface area contributed by atoms with Crippen molar-refractivity contribution in [3.8, 4) is 11.3 Å². The van der Waals surface area contributed by atoms with Gasteiger partial charge >= 0.3 is 0 Å². The lowest BCUT2D eigenvalue weighted by Crippen LogP contribution is -2.40. The number of aryl methyl sites for hydroxylation is 3. The molecule has 2 aromatic heterocycles. The molecule has 2 aliphatic rings. The summed E-state index contributed by atoms with van der Waals surface area (Å²) >= 11 is 0. The second kappa shape index (κ2) is 8.20. The number of nitrogens with zero attached hydrogens (tertiary/aromatic N) is 3. The van der Waals surface area contributed by atoms with Crippen molar-refractivity contribution in [1.29, 1.82) is 0 Å². The van der Waals surface area contributed by atoms with Crippen LogP contribution >= 0.6 is 0 Å². The molecule has 2 saturated heterocycles. The summed E-state index contributed by atoms with van der Waals surface area (Å²) in [7, 11) is 0. The summed E-state index contributed by atoms with van der Waals surface area (Å²) in [6, 6.07) is 6.36. The number of ether oxygens (including phenoxy) is 1. The lowest BCUT2D eigenvalue weighted by atomic mass is 9.98. The highest BCUT2D eigenvalue weighted by atomic mass is 19.1. The van der Waals surface area contributed by atoms with E-state index in [1.165, 1.54) is 0 Å². The predicted octanol–water partition coefficient (Wildman–Crippen LogP) is 4.17.